The van der Waals surface area contributed by atoms with Gasteiger partial charge in [0, 0.05) is 24.9 Å². The quantitative estimate of drug-likeness (QED) is 0.492. The highest BCUT2D eigenvalue weighted by atomic mass is 16.6. The minimum Gasteiger partial charge on any atom is -0.393 e. The molecule has 0 radical (unpaired) electrons. The fourth-order valence-corrected chi connectivity index (χ4v) is 1.37. The highest BCUT2D eigenvalue weighted by Gasteiger charge is 2.10. The summed E-state index contributed by atoms with van der Waals surface area (Å²) >= 11 is 0. The fourth-order valence-electron chi connectivity index (χ4n) is 1.37. The maximum absolute atomic E-state index is 11.2. The van der Waals surface area contributed by atoms with Crippen LogP contribution < -0.4 is 11.5 Å². The monoisotopic (exact) mass is 244 g/mol. The van der Waals surface area contributed by atoms with Gasteiger partial charge in [-0.3, -0.25) is 9.59 Å². The molecule has 0 saturated carbocycles. The summed E-state index contributed by atoms with van der Waals surface area (Å²) in [5.41, 5.74) is 11.1. The van der Waals surface area contributed by atoms with Crippen LogP contribution in [-0.2, 0) is 14.3 Å². The number of nitrogens with two attached hydrogens (primary N) is 2. The van der Waals surface area contributed by atoms with Crippen LogP contribution in [0, 0.1) is 0 Å². The molecule has 0 heterocycles. The Bertz CT molecular complexity index is 216. The zero-order valence-corrected chi connectivity index (χ0v) is 10.8. The van der Waals surface area contributed by atoms with Crippen molar-refractivity contribution in [3.05, 3.63) is 0 Å². The summed E-state index contributed by atoms with van der Waals surface area (Å²) in [6.07, 6.45) is 3.33. The van der Waals surface area contributed by atoms with E-state index in [1.165, 1.54) is 0 Å². The first kappa shape index (κ1) is 16.1. The third kappa shape index (κ3) is 11.3. The summed E-state index contributed by atoms with van der Waals surface area (Å²) < 4.78 is 4.65. The molecule has 17 heavy (non-hydrogen) atoms. The maximum atomic E-state index is 11.2. The molecule has 2 atom stereocenters. The van der Waals surface area contributed by atoms with Crippen molar-refractivity contribution in [2.24, 2.45) is 11.5 Å². The smallest absolute Gasteiger partial charge is 0.313 e. The SMILES string of the molecule is CC(N)CCCC(=O)OC(=O)CCCC(C)N. The fraction of sp³-hybridized carbons (Fsp3) is 0.833. The molecule has 0 spiro atoms. The summed E-state index contributed by atoms with van der Waals surface area (Å²) in [4.78, 5) is 22.4. The van der Waals surface area contributed by atoms with E-state index in [-0.39, 0.29) is 24.9 Å². The number of ether oxygens (including phenoxy) is 1. The van der Waals surface area contributed by atoms with Gasteiger partial charge >= 0.3 is 11.9 Å². The van der Waals surface area contributed by atoms with E-state index in [4.69, 9.17) is 11.5 Å². The summed E-state index contributed by atoms with van der Waals surface area (Å²) in [7, 11) is 0. The van der Waals surface area contributed by atoms with E-state index in [0.717, 1.165) is 12.8 Å². The van der Waals surface area contributed by atoms with Gasteiger partial charge in [-0.05, 0) is 39.5 Å². The van der Waals surface area contributed by atoms with Gasteiger partial charge < -0.3 is 16.2 Å². The Kier molecular flexibility index (Phi) is 8.62. The van der Waals surface area contributed by atoms with Crippen LogP contribution in [0.1, 0.15) is 52.4 Å². The summed E-state index contributed by atoms with van der Waals surface area (Å²) in [5.74, 6) is -0.923. The van der Waals surface area contributed by atoms with Crippen LogP contribution in [0.4, 0.5) is 0 Å². The Hall–Kier alpha value is -0.940. The normalized spacial score (nSPS) is 14.1. The molecule has 0 rings (SSSR count). The molecular formula is C12H24N2O3. The lowest BCUT2D eigenvalue weighted by Crippen LogP contribution is -2.17. The first-order chi connectivity index (χ1) is 7.91. The molecule has 0 aromatic heterocycles. The molecule has 5 heteroatoms. The van der Waals surface area contributed by atoms with Crippen molar-refractivity contribution in [2.75, 3.05) is 0 Å². The zero-order valence-electron chi connectivity index (χ0n) is 10.8. The van der Waals surface area contributed by atoms with Crippen molar-refractivity contribution in [3.8, 4) is 0 Å². The van der Waals surface area contributed by atoms with Crippen LogP contribution in [0.25, 0.3) is 0 Å². The molecule has 0 aromatic carbocycles. The largest absolute Gasteiger partial charge is 0.393 e. The molecule has 0 aliphatic carbocycles. The molecule has 5 nitrogen and oxygen atoms in total. The number of rotatable bonds is 8. The summed E-state index contributed by atoms with van der Waals surface area (Å²) in [6, 6.07) is 0.147. The minimum absolute atomic E-state index is 0.0737. The van der Waals surface area contributed by atoms with Crippen molar-refractivity contribution in [1.29, 1.82) is 0 Å². The number of carbonyl (C=O) groups is 2. The number of carbonyl (C=O) groups excluding carboxylic acids is 2. The third-order valence-electron chi connectivity index (χ3n) is 2.31. The highest BCUT2D eigenvalue weighted by molar-refractivity contribution is 5.85. The van der Waals surface area contributed by atoms with Gasteiger partial charge in [0.15, 0.2) is 0 Å². The second-order valence-electron chi connectivity index (χ2n) is 4.59. The van der Waals surface area contributed by atoms with Crippen molar-refractivity contribution >= 4 is 11.9 Å². The van der Waals surface area contributed by atoms with Crippen LogP contribution >= 0.6 is 0 Å². The van der Waals surface area contributed by atoms with E-state index in [1.54, 1.807) is 0 Å². The predicted octanol–water partition coefficient (Wildman–Crippen LogP) is 1.09. The van der Waals surface area contributed by atoms with Crippen molar-refractivity contribution < 1.29 is 14.3 Å². The Labute approximate surface area is 103 Å². The van der Waals surface area contributed by atoms with Gasteiger partial charge in [0.1, 0.15) is 0 Å². The summed E-state index contributed by atoms with van der Waals surface area (Å²) in [6.45, 7) is 3.76. The van der Waals surface area contributed by atoms with Crippen LogP contribution in [-0.4, -0.2) is 24.0 Å². The molecule has 0 aliphatic heterocycles. The number of hydrogen-bond acceptors (Lipinski definition) is 5. The molecule has 100 valence electrons. The van der Waals surface area contributed by atoms with Crippen LogP contribution in [0.2, 0.25) is 0 Å². The standard InChI is InChI=1S/C12H24N2O3/c1-9(13)5-3-7-11(15)17-12(16)8-4-6-10(2)14/h9-10H,3-8,13-14H2,1-2H3. The number of esters is 2. The van der Waals surface area contributed by atoms with E-state index in [1.807, 2.05) is 13.8 Å². The first-order valence-corrected chi connectivity index (χ1v) is 6.16. The molecule has 0 bridgehead atoms. The Balaban J connectivity index is 3.56. The van der Waals surface area contributed by atoms with Crippen molar-refractivity contribution in [1.82, 2.24) is 0 Å². The van der Waals surface area contributed by atoms with Crippen LogP contribution in [0.3, 0.4) is 0 Å². The molecule has 0 aromatic rings. The second kappa shape index (κ2) is 9.13. The topological polar surface area (TPSA) is 95.4 Å². The first-order valence-electron chi connectivity index (χ1n) is 6.16. The van der Waals surface area contributed by atoms with Crippen molar-refractivity contribution in [2.45, 2.75) is 64.5 Å². The van der Waals surface area contributed by atoms with Gasteiger partial charge in [0.2, 0.25) is 0 Å². The average Bonchev–Trinajstić information content (AvgIpc) is 2.15. The molecule has 0 fully saturated rings. The maximum Gasteiger partial charge on any atom is 0.313 e. The summed E-state index contributed by atoms with van der Waals surface area (Å²) in [5, 5.41) is 0. The lowest BCUT2D eigenvalue weighted by atomic mass is 10.1. The molecule has 0 amide bonds. The highest BCUT2D eigenvalue weighted by Crippen LogP contribution is 2.04. The molecule has 0 aliphatic rings. The molecule has 2 unspecified atom stereocenters. The van der Waals surface area contributed by atoms with Gasteiger partial charge in [-0.25, -0.2) is 0 Å². The lowest BCUT2D eigenvalue weighted by molar-refractivity contribution is -0.159. The van der Waals surface area contributed by atoms with Crippen molar-refractivity contribution in [3.63, 3.8) is 0 Å². The van der Waals surface area contributed by atoms with E-state index in [9.17, 15) is 9.59 Å². The zero-order chi connectivity index (χ0) is 13.3. The molecular weight excluding hydrogens is 220 g/mol. The lowest BCUT2D eigenvalue weighted by Gasteiger charge is -2.06. The van der Waals surface area contributed by atoms with Gasteiger partial charge in [0.25, 0.3) is 0 Å². The number of hydrogen-bond donors (Lipinski definition) is 2. The van der Waals surface area contributed by atoms with Crippen LogP contribution in [0.5, 0.6) is 0 Å². The van der Waals surface area contributed by atoms with Gasteiger partial charge in [-0.1, -0.05) is 0 Å². The van der Waals surface area contributed by atoms with E-state index >= 15 is 0 Å². The van der Waals surface area contributed by atoms with E-state index < -0.39 is 11.9 Å². The van der Waals surface area contributed by atoms with Gasteiger partial charge in [-0.2, -0.15) is 0 Å². The molecule has 0 saturated heterocycles. The average molecular weight is 244 g/mol. The Morgan fingerprint density at radius 2 is 1.29 bits per heavy atom. The molecule has 4 N–H and O–H groups in total. The van der Waals surface area contributed by atoms with E-state index in [0.29, 0.717) is 12.8 Å². The third-order valence-corrected chi connectivity index (χ3v) is 2.31. The second-order valence-corrected chi connectivity index (χ2v) is 4.59. The van der Waals surface area contributed by atoms with Gasteiger partial charge in [0.05, 0.1) is 0 Å². The van der Waals surface area contributed by atoms with E-state index in [2.05, 4.69) is 4.74 Å². The predicted molar refractivity (Wildman–Crippen MR) is 66.1 cm³/mol. The Morgan fingerprint density at radius 1 is 0.941 bits per heavy atom. The van der Waals surface area contributed by atoms with Gasteiger partial charge in [-0.15, -0.1) is 0 Å². The minimum atomic E-state index is -0.462. The Morgan fingerprint density at radius 3 is 1.59 bits per heavy atom. The van der Waals surface area contributed by atoms with Crippen LogP contribution in [0.15, 0.2) is 0 Å².